The van der Waals surface area contributed by atoms with Crippen LogP contribution in [0.2, 0.25) is 0 Å². The molecule has 16 heavy (non-hydrogen) atoms. The van der Waals surface area contributed by atoms with Crippen LogP contribution >= 0.6 is 23.5 Å². The molecule has 2 heteroatoms. The Morgan fingerprint density at radius 3 is 2.56 bits per heavy atom. The molecular formula is C14H18S2. The van der Waals surface area contributed by atoms with E-state index in [1.54, 1.807) is 5.56 Å². The van der Waals surface area contributed by atoms with Crippen LogP contribution in [-0.4, -0.2) is 16.8 Å². The van der Waals surface area contributed by atoms with E-state index >= 15 is 0 Å². The summed E-state index contributed by atoms with van der Waals surface area (Å²) in [4.78, 5) is 0. The van der Waals surface area contributed by atoms with Crippen molar-refractivity contribution in [3.8, 4) is 0 Å². The van der Waals surface area contributed by atoms with Gasteiger partial charge in [0.05, 0.1) is 0 Å². The van der Waals surface area contributed by atoms with E-state index in [1.807, 2.05) is 0 Å². The minimum Gasteiger partial charge on any atom is -0.158 e. The van der Waals surface area contributed by atoms with Gasteiger partial charge in [0.25, 0.3) is 0 Å². The van der Waals surface area contributed by atoms with Crippen LogP contribution in [0.15, 0.2) is 24.3 Å². The Bertz CT molecular complexity index is 358. The number of rotatable bonds is 1. The summed E-state index contributed by atoms with van der Waals surface area (Å²) in [5.74, 6) is 3.68. The SMILES string of the molecule is Cc1ccc([C@@H]2SCC[C@@H]3SCC[C@@H]32)cc1. The molecule has 1 aromatic carbocycles. The Labute approximate surface area is 107 Å². The summed E-state index contributed by atoms with van der Waals surface area (Å²) >= 11 is 4.40. The maximum Gasteiger partial charge on any atom is 0.0336 e. The average molecular weight is 250 g/mol. The standard InChI is InChI=1S/C14H18S2/c1-10-2-4-11(5-3-10)14-12-6-8-15-13(12)7-9-16-14/h2-5,12-14H,6-9H2,1H3/t12-,13-,14-/m0/s1. The molecule has 2 fully saturated rings. The molecule has 0 unspecified atom stereocenters. The largest absolute Gasteiger partial charge is 0.158 e. The third-order valence-corrected chi connectivity index (χ3v) is 6.69. The van der Waals surface area contributed by atoms with Crippen molar-refractivity contribution < 1.29 is 0 Å². The number of fused-ring (bicyclic) bond motifs is 1. The monoisotopic (exact) mass is 250 g/mol. The van der Waals surface area contributed by atoms with Crippen molar-refractivity contribution >= 4 is 23.5 Å². The molecule has 0 aromatic heterocycles. The quantitative estimate of drug-likeness (QED) is 0.729. The van der Waals surface area contributed by atoms with Gasteiger partial charge in [-0.25, -0.2) is 0 Å². The van der Waals surface area contributed by atoms with Gasteiger partial charge in [-0.2, -0.15) is 23.5 Å². The molecule has 3 rings (SSSR count). The zero-order valence-electron chi connectivity index (χ0n) is 9.69. The second-order valence-corrected chi connectivity index (χ2v) is 7.45. The average Bonchev–Trinajstić information content (AvgIpc) is 2.78. The van der Waals surface area contributed by atoms with E-state index in [0.717, 1.165) is 16.4 Å². The first-order valence-electron chi connectivity index (χ1n) is 6.14. The zero-order valence-corrected chi connectivity index (χ0v) is 11.3. The van der Waals surface area contributed by atoms with Gasteiger partial charge in [0, 0.05) is 10.5 Å². The van der Waals surface area contributed by atoms with Crippen LogP contribution in [0.3, 0.4) is 0 Å². The first kappa shape index (κ1) is 11.0. The molecule has 0 amide bonds. The van der Waals surface area contributed by atoms with Crippen LogP contribution in [0.4, 0.5) is 0 Å². The molecule has 0 N–H and O–H groups in total. The summed E-state index contributed by atoms with van der Waals surface area (Å²) in [5.41, 5.74) is 2.94. The maximum atomic E-state index is 2.35. The smallest absolute Gasteiger partial charge is 0.0336 e. The molecule has 0 bridgehead atoms. The highest BCUT2D eigenvalue weighted by Gasteiger charge is 2.38. The van der Waals surface area contributed by atoms with Crippen molar-refractivity contribution in [1.82, 2.24) is 0 Å². The summed E-state index contributed by atoms with van der Waals surface area (Å²) in [6.07, 6.45) is 2.86. The van der Waals surface area contributed by atoms with Crippen molar-refractivity contribution in [2.45, 2.75) is 30.3 Å². The van der Waals surface area contributed by atoms with Gasteiger partial charge in [0.2, 0.25) is 0 Å². The van der Waals surface area contributed by atoms with Crippen LogP contribution in [0.25, 0.3) is 0 Å². The zero-order chi connectivity index (χ0) is 11.0. The molecule has 0 radical (unpaired) electrons. The van der Waals surface area contributed by atoms with E-state index in [9.17, 15) is 0 Å². The van der Waals surface area contributed by atoms with Gasteiger partial charge >= 0.3 is 0 Å². The lowest BCUT2D eigenvalue weighted by Gasteiger charge is -2.33. The lowest BCUT2D eigenvalue weighted by Crippen LogP contribution is -2.24. The molecule has 3 atom stereocenters. The van der Waals surface area contributed by atoms with Crippen LogP contribution in [0.1, 0.15) is 29.2 Å². The van der Waals surface area contributed by atoms with Crippen LogP contribution in [0, 0.1) is 12.8 Å². The Balaban J connectivity index is 1.85. The number of aryl methyl sites for hydroxylation is 1. The van der Waals surface area contributed by atoms with Gasteiger partial charge in [-0.1, -0.05) is 29.8 Å². The molecular weight excluding hydrogens is 232 g/mol. The minimum absolute atomic E-state index is 0.773. The lowest BCUT2D eigenvalue weighted by molar-refractivity contribution is 0.480. The minimum atomic E-state index is 0.773. The Morgan fingerprint density at radius 1 is 1.00 bits per heavy atom. The fourth-order valence-electron chi connectivity index (χ4n) is 2.84. The van der Waals surface area contributed by atoms with Crippen LogP contribution < -0.4 is 0 Å². The van der Waals surface area contributed by atoms with Gasteiger partial charge in [-0.15, -0.1) is 0 Å². The van der Waals surface area contributed by atoms with Gasteiger partial charge in [0.15, 0.2) is 0 Å². The molecule has 0 nitrogen and oxygen atoms in total. The molecule has 0 spiro atoms. The van der Waals surface area contributed by atoms with Gasteiger partial charge < -0.3 is 0 Å². The highest BCUT2D eigenvalue weighted by molar-refractivity contribution is 8.01. The summed E-state index contributed by atoms with van der Waals surface area (Å²) in [6.45, 7) is 2.17. The van der Waals surface area contributed by atoms with Crippen molar-refractivity contribution in [2.24, 2.45) is 5.92 Å². The Morgan fingerprint density at radius 2 is 1.75 bits per heavy atom. The molecule has 2 aliphatic heterocycles. The summed E-state index contributed by atoms with van der Waals surface area (Å²) in [7, 11) is 0. The number of thioether (sulfide) groups is 2. The first-order chi connectivity index (χ1) is 7.84. The van der Waals surface area contributed by atoms with Gasteiger partial charge in [-0.05, 0) is 42.8 Å². The van der Waals surface area contributed by atoms with E-state index in [0.29, 0.717) is 0 Å². The second-order valence-electron chi connectivity index (χ2n) is 4.85. The number of hydrogen-bond acceptors (Lipinski definition) is 2. The molecule has 2 saturated heterocycles. The summed E-state index contributed by atoms with van der Waals surface area (Å²) in [5, 5.41) is 1.72. The molecule has 86 valence electrons. The van der Waals surface area contributed by atoms with E-state index < -0.39 is 0 Å². The van der Waals surface area contributed by atoms with Crippen LogP contribution in [0.5, 0.6) is 0 Å². The molecule has 2 aliphatic rings. The van der Waals surface area contributed by atoms with Gasteiger partial charge in [-0.3, -0.25) is 0 Å². The summed E-state index contributed by atoms with van der Waals surface area (Å²) < 4.78 is 0. The predicted octanol–water partition coefficient (Wildman–Crippen LogP) is 4.29. The van der Waals surface area contributed by atoms with Crippen molar-refractivity contribution in [2.75, 3.05) is 11.5 Å². The molecule has 0 aliphatic carbocycles. The predicted molar refractivity (Wildman–Crippen MR) is 75.3 cm³/mol. The topological polar surface area (TPSA) is 0 Å². The lowest BCUT2D eigenvalue weighted by atomic mass is 9.91. The highest BCUT2D eigenvalue weighted by atomic mass is 32.2. The number of benzene rings is 1. The third kappa shape index (κ3) is 2.02. The van der Waals surface area contributed by atoms with E-state index in [-0.39, 0.29) is 0 Å². The van der Waals surface area contributed by atoms with Crippen LogP contribution in [-0.2, 0) is 0 Å². The van der Waals surface area contributed by atoms with E-state index in [4.69, 9.17) is 0 Å². The second kappa shape index (κ2) is 4.66. The first-order valence-corrected chi connectivity index (χ1v) is 8.24. The highest BCUT2D eigenvalue weighted by Crippen LogP contribution is 2.51. The summed E-state index contributed by atoms with van der Waals surface area (Å²) in [6, 6.07) is 9.22. The fraction of sp³-hybridized carbons (Fsp3) is 0.571. The van der Waals surface area contributed by atoms with Crippen molar-refractivity contribution in [3.63, 3.8) is 0 Å². The van der Waals surface area contributed by atoms with E-state index in [1.165, 1.54) is 29.9 Å². The number of hydrogen-bond donors (Lipinski definition) is 0. The Hall–Kier alpha value is -0.0800. The van der Waals surface area contributed by atoms with E-state index in [2.05, 4.69) is 54.7 Å². The normalized spacial score (nSPS) is 33.7. The Kier molecular flexibility index (Phi) is 3.21. The van der Waals surface area contributed by atoms with Gasteiger partial charge in [0.1, 0.15) is 0 Å². The van der Waals surface area contributed by atoms with Crippen molar-refractivity contribution in [3.05, 3.63) is 35.4 Å². The fourth-order valence-corrected chi connectivity index (χ4v) is 6.19. The third-order valence-electron chi connectivity index (χ3n) is 3.76. The maximum absolute atomic E-state index is 2.35. The molecule has 0 saturated carbocycles. The van der Waals surface area contributed by atoms with Crippen molar-refractivity contribution in [1.29, 1.82) is 0 Å². The molecule has 2 heterocycles. The molecule has 1 aromatic rings.